The second-order valence-electron chi connectivity index (χ2n) is 7.82. The summed E-state index contributed by atoms with van der Waals surface area (Å²) in [6.45, 7) is 3.95. The van der Waals surface area contributed by atoms with Crippen molar-refractivity contribution in [1.82, 2.24) is 9.62 Å². The average molecular weight is 407 g/mol. The summed E-state index contributed by atoms with van der Waals surface area (Å²) in [4.78, 5) is 24.2. The molecule has 0 spiro atoms. The monoisotopic (exact) mass is 407 g/mol. The van der Waals surface area contributed by atoms with Crippen molar-refractivity contribution >= 4 is 27.5 Å². The van der Waals surface area contributed by atoms with Crippen molar-refractivity contribution in [2.75, 3.05) is 18.4 Å². The van der Waals surface area contributed by atoms with Crippen LogP contribution in [0.15, 0.2) is 17.0 Å². The summed E-state index contributed by atoms with van der Waals surface area (Å²) in [5.41, 5.74) is 1.03. The summed E-state index contributed by atoms with van der Waals surface area (Å²) in [7, 11) is -3.71. The number of hydrogen-bond acceptors (Lipinski definition) is 5. The zero-order valence-corrected chi connectivity index (χ0v) is 16.8. The SMILES string of the molecule is Cc1cc2c(cc1S(=O)(=O)N1CCC(C(=O)NC3CC3)CC1)OC(C)C(=O)N2. The Hall–Kier alpha value is -2.13. The van der Waals surface area contributed by atoms with Gasteiger partial charge in [-0.1, -0.05) is 0 Å². The van der Waals surface area contributed by atoms with Crippen LogP contribution in [0.3, 0.4) is 0 Å². The van der Waals surface area contributed by atoms with Gasteiger partial charge >= 0.3 is 0 Å². The van der Waals surface area contributed by atoms with Crippen LogP contribution in [-0.2, 0) is 19.6 Å². The largest absolute Gasteiger partial charge is 0.479 e. The summed E-state index contributed by atoms with van der Waals surface area (Å²) >= 11 is 0. The molecule has 2 amide bonds. The van der Waals surface area contributed by atoms with Crippen LogP contribution in [-0.4, -0.2) is 49.8 Å². The molecule has 1 aliphatic carbocycles. The number of hydrogen-bond donors (Lipinski definition) is 2. The third kappa shape index (κ3) is 3.60. The molecule has 2 heterocycles. The molecule has 28 heavy (non-hydrogen) atoms. The predicted octanol–water partition coefficient (Wildman–Crippen LogP) is 1.39. The minimum absolute atomic E-state index is 0.0441. The molecular weight excluding hydrogens is 382 g/mol. The Labute approximate surface area is 164 Å². The molecule has 0 radical (unpaired) electrons. The Morgan fingerprint density at radius 2 is 1.89 bits per heavy atom. The van der Waals surface area contributed by atoms with Crippen LogP contribution in [0.1, 0.15) is 38.2 Å². The van der Waals surface area contributed by atoms with E-state index in [0.29, 0.717) is 49.0 Å². The lowest BCUT2D eigenvalue weighted by Gasteiger charge is -2.31. The number of piperidine rings is 1. The zero-order valence-electron chi connectivity index (χ0n) is 16.0. The van der Waals surface area contributed by atoms with Crippen molar-refractivity contribution in [1.29, 1.82) is 0 Å². The van der Waals surface area contributed by atoms with E-state index in [4.69, 9.17) is 4.74 Å². The number of amides is 2. The molecule has 4 rings (SSSR count). The Morgan fingerprint density at radius 3 is 2.54 bits per heavy atom. The highest BCUT2D eigenvalue weighted by molar-refractivity contribution is 7.89. The number of carbonyl (C=O) groups is 2. The molecule has 1 unspecified atom stereocenters. The molecule has 0 bridgehead atoms. The second kappa shape index (κ2) is 7.04. The van der Waals surface area contributed by atoms with E-state index >= 15 is 0 Å². The number of benzene rings is 1. The Bertz CT molecular complexity index is 918. The van der Waals surface area contributed by atoms with Gasteiger partial charge in [0, 0.05) is 31.1 Å². The molecule has 8 nitrogen and oxygen atoms in total. The first-order valence-electron chi connectivity index (χ1n) is 9.68. The highest BCUT2D eigenvalue weighted by atomic mass is 32.2. The summed E-state index contributed by atoms with van der Waals surface area (Å²) in [5, 5.41) is 5.73. The molecule has 1 saturated heterocycles. The second-order valence-corrected chi connectivity index (χ2v) is 9.73. The summed E-state index contributed by atoms with van der Waals surface area (Å²) in [5.74, 6) is 0.0164. The fourth-order valence-corrected chi connectivity index (χ4v) is 5.36. The maximum atomic E-state index is 13.2. The Balaban J connectivity index is 1.50. The molecule has 0 aromatic heterocycles. The van der Waals surface area contributed by atoms with Gasteiger partial charge in [0.05, 0.1) is 10.6 Å². The summed E-state index contributed by atoms with van der Waals surface area (Å²) < 4.78 is 33.4. The van der Waals surface area contributed by atoms with E-state index in [1.165, 1.54) is 10.4 Å². The van der Waals surface area contributed by atoms with E-state index in [1.54, 1.807) is 19.9 Å². The first kappa shape index (κ1) is 19.2. The number of sulfonamides is 1. The lowest BCUT2D eigenvalue weighted by Crippen LogP contribution is -2.43. The molecule has 2 N–H and O–H groups in total. The summed E-state index contributed by atoms with van der Waals surface area (Å²) in [6.07, 6.45) is 2.44. The lowest BCUT2D eigenvalue weighted by molar-refractivity contribution is -0.126. The summed E-state index contributed by atoms with van der Waals surface area (Å²) in [6, 6.07) is 3.43. The smallest absolute Gasteiger partial charge is 0.265 e. The van der Waals surface area contributed by atoms with Crippen LogP contribution in [0, 0.1) is 12.8 Å². The molecule has 2 aliphatic heterocycles. The number of nitrogens with one attached hydrogen (secondary N) is 2. The van der Waals surface area contributed by atoms with Crippen LogP contribution in [0.25, 0.3) is 0 Å². The first-order chi connectivity index (χ1) is 13.3. The van der Waals surface area contributed by atoms with Gasteiger partial charge in [-0.05, 0) is 51.2 Å². The minimum Gasteiger partial charge on any atom is -0.479 e. The van der Waals surface area contributed by atoms with E-state index in [9.17, 15) is 18.0 Å². The number of anilines is 1. The standard InChI is InChI=1S/C19H25N3O5S/c1-11-9-15-16(27-12(2)18(23)21-15)10-17(11)28(25,26)22-7-5-13(6-8-22)19(24)20-14-3-4-14/h9-10,12-14H,3-8H2,1-2H3,(H,20,24)(H,21,23). The highest BCUT2D eigenvalue weighted by Crippen LogP contribution is 2.36. The highest BCUT2D eigenvalue weighted by Gasteiger charge is 2.35. The number of fused-ring (bicyclic) bond motifs is 1. The minimum atomic E-state index is -3.71. The van der Waals surface area contributed by atoms with Crippen molar-refractivity contribution in [3.05, 3.63) is 17.7 Å². The van der Waals surface area contributed by atoms with Crippen molar-refractivity contribution in [3.8, 4) is 5.75 Å². The number of aryl methyl sites for hydroxylation is 1. The van der Waals surface area contributed by atoms with E-state index in [1.807, 2.05) is 0 Å². The predicted molar refractivity (Wildman–Crippen MR) is 103 cm³/mol. The molecule has 1 aromatic rings. The number of nitrogens with zero attached hydrogens (tertiary/aromatic N) is 1. The maximum Gasteiger partial charge on any atom is 0.265 e. The fraction of sp³-hybridized carbons (Fsp3) is 0.579. The van der Waals surface area contributed by atoms with Crippen LogP contribution in [0.5, 0.6) is 5.75 Å². The van der Waals surface area contributed by atoms with Gasteiger partial charge in [-0.2, -0.15) is 4.31 Å². The molecule has 1 saturated carbocycles. The third-order valence-corrected chi connectivity index (χ3v) is 7.61. The van der Waals surface area contributed by atoms with Crippen molar-refractivity contribution in [2.24, 2.45) is 5.92 Å². The quantitative estimate of drug-likeness (QED) is 0.785. The van der Waals surface area contributed by atoms with Gasteiger partial charge in [0.25, 0.3) is 5.91 Å². The normalized spacial score (nSPS) is 23.5. The van der Waals surface area contributed by atoms with Gasteiger partial charge in [0.2, 0.25) is 15.9 Å². The lowest BCUT2D eigenvalue weighted by atomic mass is 9.97. The number of rotatable bonds is 4. The number of carbonyl (C=O) groups excluding carboxylic acids is 2. The maximum absolute atomic E-state index is 13.2. The molecule has 1 atom stereocenters. The molecule has 3 aliphatic rings. The van der Waals surface area contributed by atoms with Gasteiger partial charge in [0.1, 0.15) is 5.75 Å². The van der Waals surface area contributed by atoms with E-state index in [2.05, 4.69) is 10.6 Å². The van der Waals surface area contributed by atoms with Gasteiger partial charge in [-0.3, -0.25) is 9.59 Å². The molecule has 152 valence electrons. The Kier molecular flexibility index (Phi) is 4.83. The van der Waals surface area contributed by atoms with E-state index < -0.39 is 16.1 Å². The van der Waals surface area contributed by atoms with Gasteiger partial charge < -0.3 is 15.4 Å². The van der Waals surface area contributed by atoms with Crippen LogP contribution in [0.4, 0.5) is 5.69 Å². The molecular formula is C19H25N3O5S. The average Bonchev–Trinajstić information content (AvgIpc) is 3.46. The van der Waals surface area contributed by atoms with Crippen molar-refractivity contribution in [2.45, 2.75) is 56.6 Å². The van der Waals surface area contributed by atoms with Crippen molar-refractivity contribution in [3.63, 3.8) is 0 Å². The Morgan fingerprint density at radius 1 is 1.21 bits per heavy atom. The van der Waals surface area contributed by atoms with Gasteiger partial charge in [-0.25, -0.2) is 8.42 Å². The fourth-order valence-electron chi connectivity index (χ4n) is 3.66. The molecule has 2 fully saturated rings. The van der Waals surface area contributed by atoms with E-state index in [0.717, 1.165) is 12.8 Å². The first-order valence-corrected chi connectivity index (χ1v) is 11.1. The number of ether oxygens (including phenoxy) is 1. The van der Waals surface area contributed by atoms with Crippen molar-refractivity contribution < 1.29 is 22.7 Å². The topological polar surface area (TPSA) is 105 Å². The van der Waals surface area contributed by atoms with Crippen LogP contribution < -0.4 is 15.4 Å². The zero-order chi connectivity index (χ0) is 20.1. The van der Waals surface area contributed by atoms with Crippen LogP contribution in [0.2, 0.25) is 0 Å². The molecule has 1 aromatic carbocycles. The molecule has 9 heteroatoms. The van der Waals surface area contributed by atoms with Gasteiger partial charge in [0.15, 0.2) is 6.10 Å². The van der Waals surface area contributed by atoms with E-state index in [-0.39, 0.29) is 22.6 Å². The third-order valence-electron chi connectivity index (χ3n) is 5.57. The van der Waals surface area contributed by atoms with Crippen LogP contribution >= 0.6 is 0 Å². The van der Waals surface area contributed by atoms with Gasteiger partial charge in [-0.15, -0.1) is 0 Å².